The van der Waals surface area contributed by atoms with Gasteiger partial charge in [0.25, 0.3) is 5.91 Å². The van der Waals surface area contributed by atoms with Crippen molar-refractivity contribution in [2.45, 2.75) is 27.3 Å². The van der Waals surface area contributed by atoms with Gasteiger partial charge in [0.2, 0.25) is 5.89 Å². The molecule has 0 saturated heterocycles. The standard InChI is InChI=1S/C17H17N3O3/c1-10-11(2)22-14(19-10)9-18-17(21)15-12(3)23-20-16(15)13-7-5-4-6-8-13/h4-8H,9H2,1-3H3,(H,18,21). The van der Waals surface area contributed by atoms with E-state index in [9.17, 15) is 4.79 Å². The Morgan fingerprint density at radius 3 is 2.52 bits per heavy atom. The van der Waals surface area contributed by atoms with Gasteiger partial charge in [0.15, 0.2) is 0 Å². The van der Waals surface area contributed by atoms with Crippen LogP contribution in [0.1, 0.15) is 33.5 Å². The number of hydrogen-bond donors (Lipinski definition) is 1. The van der Waals surface area contributed by atoms with Gasteiger partial charge in [0.05, 0.1) is 12.2 Å². The van der Waals surface area contributed by atoms with Crippen molar-refractivity contribution >= 4 is 5.91 Å². The number of carbonyl (C=O) groups excluding carboxylic acids is 1. The fraction of sp³-hybridized carbons (Fsp3) is 0.235. The molecule has 3 aromatic rings. The zero-order valence-corrected chi connectivity index (χ0v) is 13.2. The van der Waals surface area contributed by atoms with E-state index in [1.807, 2.05) is 44.2 Å². The summed E-state index contributed by atoms with van der Waals surface area (Å²) in [6, 6.07) is 9.45. The third-order valence-electron chi connectivity index (χ3n) is 3.61. The maximum atomic E-state index is 12.5. The van der Waals surface area contributed by atoms with Crippen LogP contribution in [-0.4, -0.2) is 16.0 Å². The molecule has 0 fully saturated rings. The number of aromatic nitrogens is 2. The van der Waals surface area contributed by atoms with Crippen molar-refractivity contribution < 1.29 is 13.7 Å². The summed E-state index contributed by atoms with van der Waals surface area (Å²) in [4.78, 5) is 16.8. The first-order valence-corrected chi connectivity index (χ1v) is 7.29. The van der Waals surface area contributed by atoms with Crippen LogP contribution in [0.5, 0.6) is 0 Å². The lowest BCUT2D eigenvalue weighted by molar-refractivity contribution is 0.0946. The summed E-state index contributed by atoms with van der Waals surface area (Å²) in [5.41, 5.74) is 2.61. The molecule has 1 amide bonds. The molecule has 1 aromatic carbocycles. The summed E-state index contributed by atoms with van der Waals surface area (Å²) in [5, 5.41) is 6.80. The normalized spacial score (nSPS) is 10.7. The zero-order chi connectivity index (χ0) is 16.4. The van der Waals surface area contributed by atoms with Crippen LogP contribution in [0.2, 0.25) is 0 Å². The molecule has 0 atom stereocenters. The molecule has 0 saturated carbocycles. The Bertz CT molecular complexity index is 815. The Morgan fingerprint density at radius 1 is 1.13 bits per heavy atom. The highest BCUT2D eigenvalue weighted by atomic mass is 16.5. The summed E-state index contributed by atoms with van der Waals surface area (Å²) in [7, 11) is 0. The van der Waals surface area contributed by atoms with E-state index in [1.165, 1.54) is 0 Å². The maximum Gasteiger partial charge on any atom is 0.257 e. The molecule has 0 bridgehead atoms. The van der Waals surface area contributed by atoms with Crippen LogP contribution in [0.3, 0.4) is 0 Å². The molecule has 6 heteroatoms. The van der Waals surface area contributed by atoms with Crippen LogP contribution in [0, 0.1) is 20.8 Å². The SMILES string of the molecule is Cc1nc(CNC(=O)c2c(-c3ccccc3)noc2C)oc1C. The largest absolute Gasteiger partial charge is 0.444 e. The van der Waals surface area contributed by atoms with E-state index in [1.54, 1.807) is 6.92 Å². The Hall–Kier alpha value is -2.89. The average molecular weight is 311 g/mol. The van der Waals surface area contributed by atoms with Gasteiger partial charge >= 0.3 is 0 Å². The fourth-order valence-corrected chi connectivity index (χ4v) is 2.29. The molecule has 6 nitrogen and oxygen atoms in total. The lowest BCUT2D eigenvalue weighted by Gasteiger charge is -2.03. The van der Waals surface area contributed by atoms with Crippen molar-refractivity contribution in [3.05, 3.63) is 59.0 Å². The van der Waals surface area contributed by atoms with E-state index >= 15 is 0 Å². The van der Waals surface area contributed by atoms with Crippen LogP contribution in [0.25, 0.3) is 11.3 Å². The number of amides is 1. The Labute approximate surface area is 133 Å². The molecule has 2 heterocycles. The molecule has 3 rings (SSSR count). The van der Waals surface area contributed by atoms with Crippen molar-refractivity contribution in [2.75, 3.05) is 0 Å². The second kappa shape index (κ2) is 6.08. The van der Waals surface area contributed by atoms with E-state index in [0.29, 0.717) is 22.9 Å². The van der Waals surface area contributed by atoms with Gasteiger partial charge in [0.1, 0.15) is 22.8 Å². The minimum absolute atomic E-state index is 0.215. The third-order valence-corrected chi connectivity index (χ3v) is 3.61. The highest BCUT2D eigenvalue weighted by molar-refractivity contribution is 6.00. The van der Waals surface area contributed by atoms with E-state index in [2.05, 4.69) is 15.5 Å². The Balaban J connectivity index is 1.81. The van der Waals surface area contributed by atoms with Gasteiger partial charge in [-0.15, -0.1) is 0 Å². The Kier molecular flexibility index (Phi) is 3.97. The summed E-state index contributed by atoms with van der Waals surface area (Å²) in [5.74, 6) is 1.43. The number of aryl methyl sites for hydroxylation is 3. The van der Waals surface area contributed by atoms with Crippen LogP contribution in [0.15, 0.2) is 39.3 Å². The maximum absolute atomic E-state index is 12.5. The van der Waals surface area contributed by atoms with E-state index in [-0.39, 0.29) is 12.5 Å². The lowest BCUT2D eigenvalue weighted by atomic mass is 10.1. The number of carbonyl (C=O) groups is 1. The molecule has 0 unspecified atom stereocenters. The van der Waals surface area contributed by atoms with Crippen LogP contribution >= 0.6 is 0 Å². The fourth-order valence-electron chi connectivity index (χ4n) is 2.29. The molecule has 1 N–H and O–H groups in total. The van der Waals surface area contributed by atoms with Gasteiger partial charge < -0.3 is 14.3 Å². The molecule has 0 radical (unpaired) electrons. The van der Waals surface area contributed by atoms with Gasteiger partial charge in [0, 0.05) is 5.56 Å². The van der Waals surface area contributed by atoms with Crippen LogP contribution in [0.4, 0.5) is 0 Å². The summed E-state index contributed by atoms with van der Waals surface area (Å²) < 4.78 is 10.7. The van der Waals surface area contributed by atoms with Crippen LogP contribution < -0.4 is 5.32 Å². The van der Waals surface area contributed by atoms with E-state index < -0.39 is 0 Å². The first kappa shape index (κ1) is 15.0. The molecule has 23 heavy (non-hydrogen) atoms. The number of oxazole rings is 1. The second-order valence-electron chi connectivity index (χ2n) is 5.26. The van der Waals surface area contributed by atoms with Crippen molar-refractivity contribution in [1.29, 1.82) is 0 Å². The number of rotatable bonds is 4. The van der Waals surface area contributed by atoms with Gasteiger partial charge in [-0.25, -0.2) is 4.98 Å². The summed E-state index contributed by atoms with van der Waals surface area (Å²) in [6.07, 6.45) is 0. The third kappa shape index (κ3) is 3.01. The quantitative estimate of drug-likeness (QED) is 0.800. The number of nitrogens with zero attached hydrogens (tertiary/aromatic N) is 2. The van der Waals surface area contributed by atoms with Crippen molar-refractivity contribution in [2.24, 2.45) is 0 Å². The van der Waals surface area contributed by atoms with Crippen molar-refractivity contribution in [3.8, 4) is 11.3 Å². The average Bonchev–Trinajstić information content (AvgIpc) is 3.09. The highest BCUT2D eigenvalue weighted by Gasteiger charge is 2.21. The monoisotopic (exact) mass is 311 g/mol. The van der Waals surface area contributed by atoms with Gasteiger partial charge in [-0.2, -0.15) is 0 Å². The van der Waals surface area contributed by atoms with Gasteiger partial charge in [-0.1, -0.05) is 35.5 Å². The lowest BCUT2D eigenvalue weighted by Crippen LogP contribution is -2.23. The van der Waals surface area contributed by atoms with Crippen molar-refractivity contribution in [1.82, 2.24) is 15.5 Å². The predicted molar refractivity (Wildman–Crippen MR) is 83.8 cm³/mol. The van der Waals surface area contributed by atoms with Crippen molar-refractivity contribution in [3.63, 3.8) is 0 Å². The minimum Gasteiger partial charge on any atom is -0.444 e. The molecule has 0 aliphatic heterocycles. The van der Waals surface area contributed by atoms with E-state index in [4.69, 9.17) is 8.94 Å². The topological polar surface area (TPSA) is 81.2 Å². The smallest absolute Gasteiger partial charge is 0.257 e. The zero-order valence-electron chi connectivity index (χ0n) is 13.2. The van der Waals surface area contributed by atoms with E-state index in [0.717, 1.165) is 17.0 Å². The molecular weight excluding hydrogens is 294 g/mol. The van der Waals surface area contributed by atoms with Crippen LogP contribution in [-0.2, 0) is 6.54 Å². The minimum atomic E-state index is -0.267. The van der Waals surface area contributed by atoms with Gasteiger partial charge in [-0.3, -0.25) is 4.79 Å². The first-order valence-electron chi connectivity index (χ1n) is 7.29. The summed E-state index contributed by atoms with van der Waals surface area (Å²) in [6.45, 7) is 5.63. The molecule has 118 valence electrons. The Morgan fingerprint density at radius 2 is 1.87 bits per heavy atom. The predicted octanol–water partition coefficient (Wildman–Crippen LogP) is 3.18. The number of benzene rings is 1. The molecule has 0 spiro atoms. The first-order chi connectivity index (χ1) is 11.1. The number of nitrogens with one attached hydrogen (secondary N) is 1. The highest BCUT2D eigenvalue weighted by Crippen LogP contribution is 2.25. The second-order valence-corrected chi connectivity index (χ2v) is 5.26. The molecule has 0 aliphatic carbocycles. The van der Waals surface area contributed by atoms with Gasteiger partial charge in [-0.05, 0) is 20.8 Å². The number of hydrogen-bond acceptors (Lipinski definition) is 5. The molecule has 2 aromatic heterocycles. The molecular formula is C17H17N3O3. The summed E-state index contributed by atoms with van der Waals surface area (Å²) >= 11 is 0. The molecule has 0 aliphatic rings.